The van der Waals surface area contributed by atoms with Gasteiger partial charge in [-0.3, -0.25) is 0 Å². The van der Waals surface area contributed by atoms with E-state index in [0.717, 1.165) is 0 Å². The molecule has 3 N–H and O–H groups in total. The molecular formula is C5H8N2O2. The van der Waals surface area contributed by atoms with Crippen molar-refractivity contribution in [2.45, 2.75) is 12.8 Å². The lowest BCUT2D eigenvalue weighted by atomic mass is 10.4. The number of rotatable bonds is 0. The normalized spacial score (nSPS) is 33.3. The van der Waals surface area contributed by atoms with E-state index in [1.165, 1.54) is 19.2 Å². The Balaban J connectivity index is 2.78. The van der Waals surface area contributed by atoms with Gasteiger partial charge in [0.15, 0.2) is 0 Å². The summed E-state index contributed by atoms with van der Waals surface area (Å²) in [7, 11) is 0. The molecule has 0 aromatic carbocycles. The van der Waals surface area contributed by atoms with Crippen LogP contribution in [0, 0.1) is 0 Å². The van der Waals surface area contributed by atoms with Gasteiger partial charge < -0.3 is 15.5 Å². The standard InChI is InChI=1S/C5H8N2O2/c1-5(9)6-3-2-4(8)7-5/h2-3,6,9H,1H3,(H,7,8). The number of hydrogen-bond donors (Lipinski definition) is 3. The minimum absolute atomic E-state index is 0.168. The van der Waals surface area contributed by atoms with Crippen LogP contribution in [-0.2, 0) is 0 Å². The molecule has 1 atom stereocenters. The second-order valence-electron chi connectivity index (χ2n) is 1.97. The van der Waals surface area contributed by atoms with Crippen molar-refractivity contribution in [2.75, 3.05) is 0 Å². The SMILES string of the molecule is CC1(O)N=C(O)C=CN1. The summed E-state index contributed by atoms with van der Waals surface area (Å²) in [6, 6.07) is 0. The first-order valence-corrected chi connectivity index (χ1v) is 2.56. The average molecular weight is 128 g/mol. The van der Waals surface area contributed by atoms with Crippen molar-refractivity contribution in [2.24, 2.45) is 4.99 Å². The van der Waals surface area contributed by atoms with E-state index >= 15 is 0 Å². The van der Waals surface area contributed by atoms with Gasteiger partial charge in [0.05, 0.1) is 0 Å². The Labute approximate surface area is 52.5 Å². The fourth-order valence-corrected chi connectivity index (χ4v) is 0.567. The maximum atomic E-state index is 9.04. The zero-order valence-electron chi connectivity index (χ0n) is 5.00. The van der Waals surface area contributed by atoms with Gasteiger partial charge in [-0.25, -0.2) is 0 Å². The van der Waals surface area contributed by atoms with Gasteiger partial charge >= 0.3 is 0 Å². The highest BCUT2D eigenvalue weighted by Gasteiger charge is 2.18. The first-order valence-electron chi connectivity index (χ1n) is 2.56. The number of hydrogen-bond acceptors (Lipinski definition) is 3. The number of aliphatic hydroxyl groups excluding tert-OH is 1. The average Bonchev–Trinajstić information content (AvgIpc) is 1.60. The number of nitrogens with zero attached hydrogens (tertiary/aromatic N) is 1. The molecule has 9 heavy (non-hydrogen) atoms. The predicted molar refractivity (Wildman–Crippen MR) is 33.0 cm³/mol. The van der Waals surface area contributed by atoms with Gasteiger partial charge in [0.2, 0.25) is 11.7 Å². The van der Waals surface area contributed by atoms with Gasteiger partial charge in [0.25, 0.3) is 0 Å². The van der Waals surface area contributed by atoms with E-state index in [0.29, 0.717) is 0 Å². The summed E-state index contributed by atoms with van der Waals surface area (Å²) in [6.07, 6.45) is 2.79. The van der Waals surface area contributed by atoms with Gasteiger partial charge in [-0.15, -0.1) is 0 Å². The summed E-state index contributed by atoms with van der Waals surface area (Å²) in [5.41, 5.74) is 0. The maximum Gasteiger partial charge on any atom is 0.234 e. The fraction of sp³-hybridized carbons (Fsp3) is 0.400. The van der Waals surface area contributed by atoms with Gasteiger partial charge in [-0.05, 0) is 0 Å². The highest BCUT2D eigenvalue weighted by atomic mass is 16.3. The van der Waals surface area contributed by atoms with Crippen LogP contribution in [0.3, 0.4) is 0 Å². The van der Waals surface area contributed by atoms with Gasteiger partial charge in [-0.2, -0.15) is 4.99 Å². The smallest absolute Gasteiger partial charge is 0.234 e. The lowest BCUT2D eigenvalue weighted by Gasteiger charge is -2.20. The molecular weight excluding hydrogens is 120 g/mol. The van der Waals surface area contributed by atoms with Crippen molar-refractivity contribution in [3.05, 3.63) is 12.3 Å². The first kappa shape index (κ1) is 6.10. The third-order valence-corrected chi connectivity index (χ3v) is 0.921. The molecule has 0 spiro atoms. The van der Waals surface area contributed by atoms with Crippen molar-refractivity contribution >= 4 is 5.90 Å². The molecule has 4 heteroatoms. The van der Waals surface area contributed by atoms with Gasteiger partial charge in [-0.1, -0.05) is 0 Å². The molecule has 1 heterocycles. The van der Waals surface area contributed by atoms with E-state index in [4.69, 9.17) is 10.2 Å². The molecule has 0 saturated heterocycles. The van der Waals surface area contributed by atoms with Crippen molar-refractivity contribution in [3.8, 4) is 0 Å². The zero-order chi connectivity index (χ0) is 6.91. The van der Waals surface area contributed by atoms with Crippen LogP contribution < -0.4 is 5.32 Å². The molecule has 0 saturated carbocycles. The molecule has 1 aliphatic heterocycles. The van der Waals surface area contributed by atoms with Gasteiger partial charge in [0, 0.05) is 19.2 Å². The van der Waals surface area contributed by atoms with Crippen molar-refractivity contribution in [1.82, 2.24) is 5.32 Å². The maximum absolute atomic E-state index is 9.04. The molecule has 0 fully saturated rings. The topological polar surface area (TPSA) is 64.9 Å². The summed E-state index contributed by atoms with van der Waals surface area (Å²) >= 11 is 0. The highest BCUT2D eigenvalue weighted by molar-refractivity contribution is 5.86. The quantitative estimate of drug-likeness (QED) is 0.420. The monoisotopic (exact) mass is 128 g/mol. The van der Waals surface area contributed by atoms with E-state index < -0.39 is 5.85 Å². The molecule has 0 aromatic heterocycles. The van der Waals surface area contributed by atoms with E-state index in [1.54, 1.807) is 0 Å². The summed E-state index contributed by atoms with van der Waals surface area (Å²) in [5, 5.41) is 20.3. The molecule has 1 rings (SSSR count). The molecule has 0 radical (unpaired) electrons. The molecule has 4 nitrogen and oxygen atoms in total. The number of aliphatic imine (C=N–C) groups is 1. The Kier molecular flexibility index (Phi) is 1.17. The summed E-state index contributed by atoms with van der Waals surface area (Å²) in [4.78, 5) is 3.44. The Morgan fingerprint density at radius 1 is 1.78 bits per heavy atom. The van der Waals surface area contributed by atoms with E-state index in [-0.39, 0.29) is 5.90 Å². The van der Waals surface area contributed by atoms with E-state index in [1.807, 2.05) is 0 Å². The summed E-state index contributed by atoms with van der Waals surface area (Å²) in [6.45, 7) is 1.44. The third-order valence-electron chi connectivity index (χ3n) is 0.921. The second-order valence-corrected chi connectivity index (χ2v) is 1.97. The fourth-order valence-electron chi connectivity index (χ4n) is 0.567. The van der Waals surface area contributed by atoms with Crippen LogP contribution in [0.5, 0.6) is 0 Å². The Hall–Kier alpha value is -1.03. The molecule has 0 amide bonds. The minimum atomic E-state index is -1.35. The molecule has 0 bridgehead atoms. The Morgan fingerprint density at radius 2 is 2.44 bits per heavy atom. The van der Waals surface area contributed by atoms with Gasteiger partial charge in [0.1, 0.15) is 0 Å². The third kappa shape index (κ3) is 1.43. The van der Waals surface area contributed by atoms with Crippen LogP contribution in [-0.4, -0.2) is 22.0 Å². The Bertz CT molecular complexity index is 172. The van der Waals surface area contributed by atoms with Crippen molar-refractivity contribution in [1.29, 1.82) is 0 Å². The van der Waals surface area contributed by atoms with E-state index in [9.17, 15) is 0 Å². The number of nitrogens with one attached hydrogen (secondary N) is 1. The van der Waals surface area contributed by atoms with Crippen LogP contribution >= 0.6 is 0 Å². The van der Waals surface area contributed by atoms with Crippen molar-refractivity contribution in [3.63, 3.8) is 0 Å². The van der Waals surface area contributed by atoms with E-state index in [2.05, 4.69) is 10.3 Å². The van der Waals surface area contributed by atoms with Crippen LogP contribution in [0.15, 0.2) is 17.3 Å². The van der Waals surface area contributed by atoms with Crippen molar-refractivity contribution < 1.29 is 10.2 Å². The number of aliphatic hydroxyl groups is 2. The highest BCUT2D eigenvalue weighted by Crippen LogP contribution is 2.03. The lowest BCUT2D eigenvalue weighted by Crippen LogP contribution is -2.39. The van der Waals surface area contributed by atoms with Crippen LogP contribution in [0.2, 0.25) is 0 Å². The van der Waals surface area contributed by atoms with Crippen LogP contribution in [0.1, 0.15) is 6.92 Å². The molecule has 1 aliphatic rings. The lowest BCUT2D eigenvalue weighted by molar-refractivity contribution is 0.0446. The first-order chi connectivity index (χ1) is 4.10. The van der Waals surface area contributed by atoms with Crippen LogP contribution in [0.4, 0.5) is 0 Å². The minimum Gasteiger partial charge on any atom is -0.493 e. The Morgan fingerprint density at radius 3 is 2.78 bits per heavy atom. The molecule has 0 aliphatic carbocycles. The second kappa shape index (κ2) is 1.73. The van der Waals surface area contributed by atoms with Crippen LogP contribution in [0.25, 0.3) is 0 Å². The largest absolute Gasteiger partial charge is 0.493 e. The zero-order valence-corrected chi connectivity index (χ0v) is 5.00. The predicted octanol–water partition coefficient (Wildman–Crippen LogP) is -0.274. The molecule has 1 unspecified atom stereocenters. The molecule has 50 valence electrons. The summed E-state index contributed by atoms with van der Waals surface area (Å²) in [5.74, 6) is -1.52. The molecule has 0 aromatic rings. The summed E-state index contributed by atoms with van der Waals surface area (Å²) < 4.78 is 0.